The van der Waals surface area contributed by atoms with Gasteiger partial charge in [-0.2, -0.15) is 0 Å². The zero-order valence-corrected chi connectivity index (χ0v) is 14.6. The number of benzene rings is 1. The van der Waals surface area contributed by atoms with Crippen LogP contribution in [0.5, 0.6) is 5.75 Å². The molecule has 0 unspecified atom stereocenters. The number of rotatable bonds is 5. The van der Waals surface area contributed by atoms with E-state index >= 15 is 0 Å². The van der Waals surface area contributed by atoms with Gasteiger partial charge in [0.15, 0.2) is 5.78 Å². The van der Waals surface area contributed by atoms with Crippen LogP contribution in [0.25, 0.3) is 21.3 Å². The zero-order chi connectivity index (χ0) is 17.3. The number of thiophene rings is 1. The van der Waals surface area contributed by atoms with Crippen molar-refractivity contribution in [1.82, 2.24) is 9.55 Å². The second-order valence-corrected chi connectivity index (χ2v) is 6.39. The molecular formula is C18H18N2O3S. The van der Waals surface area contributed by atoms with Gasteiger partial charge in [0, 0.05) is 10.9 Å². The fourth-order valence-corrected chi connectivity index (χ4v) is 3.43. The first kappa shape index (κ1) is 16.4. The average molecular weight is 342 g/mol. The van der Waals surface area contributed by atoms with Gasteiger partial charge >= 0.3 is 0 Å². The predicted octanol–water partition coefficient (Wildman–Crippen LogP) is 3.67. The minimum Gasteiger partial charge on any atom is -0.494 e. The molecular weight excluding hydrogens is 324 g/mol. The van der Waals surface area contributed by atoms with E-state index in [2.05, 4.69) is 4.98 Å². The van der Waals surface area contributed by atoms with Gasteiger partial charge < -0.3 is 4.74 Å². The molecule has 0 fully saturated rings. The topological polar surface area (TPSA) is 61.2 Å². The van der Waals surface area contributed by atoms with Gasteiger partial charge in [-0.15, -0.1) is 11.3 Å². The Labute approximate surface area is 143 Å². The highest BCUT2D eigenvalue weighted by atomic mass is 32.1. The molecule has 5 nitrogen and oxygen atoms in total. The molecule has 0 aliphatic heterocycles. The van der Waals surface area contributed by atoms with Crippen molar-refractivity contribution in [2.24, 2.45) is 0 Å². The summed E-state index contributed by atoms with van der Waals surface area (Å²) in [6.45, 7) is 5.73. The van der Waals surface area contributed by atoms with Gasteiger partial charge in [-0.1, -0.05) is 12.1 Å². The van der Waals surface area contributed by atoms with E-state index in [1.807, 2.05) is 36.6 Å². The first-order valence-electron chi connectivity index (χ1n) is 7.75. The Bertz CT molecular complexity index is 941. The number of carbonyl (C=O) groups excluding carboxylic acids is 1. The maximum absolute atomic E-state index is 12.9. The van der Waals surface area contributed by atoms with Crippen LogP contribution in [0.3, 0.4) is 0 Å². The monoisotopic (exact) mass is 342 g/mol. The second kappa shape index (κ2) is 6.57. The summed E-state index contributed by atoms with van der Waals surface area (Å²) in [7, 11) is 0. The van der Waals surface area contributed by atoms with E-state index in [1.54, 1.807) is 6.92 Å². The van der Waals surface area contributed by atoms with Crippen LogP contribution in [0.1, 0.15) is 26.8 Å². The van der Waals surface area contributed by atoms with Crippen molar-refractivity contribution in [2.45, 2.75) is 26.8 Å². The van der Waals surface area contributed by atoms with E-state index in [9.17, 15) is 9.59 Å². The van der Waals surface area contributed by atoms with Crippen molar-refractivity contribution in [3.63, 3.8) is 0 Å². The molecule has 124 valence electrons. The largest absolute Gasteiger partial charge is 0.494 e. The van der Waals surface area contributed by atoms with Crippen molar-refractivity contribution >= 4 is 27.3 Å². The molecule has 1 aromatic carbocycles. The van der Waals surface area contributed by atoms with Crippen molar-refractivity contribution in [1.29, 1.82) is 0 Å². The lowest BCUT2D eigenvalue weighted by Gasteiger charge is -2.11. The number of hydrogen-bond acceptors (Lipinski definition) is 5. The molecule has 0 spiro atoms. The van der Waals surface area contributed by atoms with Crippen molar-refractivity contribution in [2.75, 3.05) is 6.61 Å². The van der Waals surface area contributed by atoms with Gasteiger partial charge in [0.25, 0.3) is 5.56 Å². The lowest BCUT2D eigenvalue weighted by Crippen LogP contribution is -2.27. The summed E-state index contributed by atoms with van der Waals surface area (Å²) < 4.78 is 6.85. The number of ketones is 1. The Morgan fingerprint density at radius 1 is 1.33 bits per heavy atom. The number of fused-ring (bicyclic) bond motifs is 1. The summed E-state index contributed by atoms with van der Waals surface area (Å²) in [5.41, 5.74) is 1.57. The summed E-state index contributed by atoms with van der Waals surface area (Å²) >= 11 is 1.43. The van der Waals surface area contributed by atoms with Crippen molar-refractivity contribution in [3.05, 3.63) is 46.3 Å². The van der Waals surface area contributed by atoms with Crippen LogP contribution in [0.4, 0.5) is 0 Å². The molecule has 1 atom stereocenters. The molecule has 3 aromatic rings. The summed E-state index contributed by atoms with van der Waals surface area (Å²) in [4.78, 5) is 29.5. The summed E-state index contributed by atoms with van der Waals surface area (Å²) in [5.74, 6) is 0.720. The third kappa shape index (κ3) is 2.85. The minimum absolute atomic E-state index is 0.0731. The first-order valence-corrected chi connectivity index (χ1v) is 8.63. The molecule has 3 rings (SSSR count). The maximum atomic E-state index is 12.9. The molecule has 0 saturated carbocycles. The van der Waals surface area contributed by atoms with Gasteiger partial charge in [0.2, 0.25) is 0 Å². The highest BCUT2D eigenvalue weighted by Gasteiger charge is 2.17. The van der Waals surface area contributed by atoms with Gasteiger partial charge in [0.1, 0.15) is 10.6 Å². The number of hydrogen-bond donors (Lipinski definition) is 0. The fourth-order valence-electron chi connectivity index (χ4n) is 2.53. The highest BCUT2D eigenvalue weighted by Crippen LogP contribution is 2.31. The Kier molecular flexibility index (Phi) is 4.49. The van der Waals surface area contributed by atoms with Crippen molar-refractivity contribution < 1.29 is 9.53 Å². The first-order chi connectivity index (χ1) is 11.5. The molecule has 0 N–H and O–H groups in total. The Morgan fingerprint density at radius 3 is 2.67 bits per heavy atom. The molecule has 0 bridgehead atoms. The van der Waals surface area contributed by atoms with Crippen LogP contribution in [0.15, 0.2) is 40.8 Å². The van der Waals surface area contributed by atoms with Crippen LogP contribution in [-0.4, -0.2) is 21.9 Å². The van der Waals surface area contributed by atoms with Gasteiger partial charge in [-0.05, 0) is 38.5 Å². The Balaban J connectivity index is 2.14. The number of Topliss-reactive ketones (excluding diaryl/α,β-unsaturated/α-hetero) is 1. The SMILES string of the molecule is CCOc1ccc(-c2csc3ncn([C@@H](C)C(C)=O)c(=O)c23)cc1. The summed E-state index contributed by atoms with van der Waals surface area (Å²) in [6.07, 6.45) is 1.45. The molecule has 6 heteroatoms. The van der Waals surface area contributed by atoms with Crippen LogP contribution in [0, 0.1) is 0 Å². The van der Waals surface area contributed by atoms with Crippen molar-refractivity contribution in [3.8, 4) is 16.9 Å². The molecule has 0 aliphatic rings. The molecule has 0 saturated heterocycles. The predicted molar refractivity (Wildman–Crippen MR) is 95.9 cm³/mol. The quantitative estimate of drug-likeness (QED) is 0.710. The van der Waals surface area contributed by atoms with Gasteiger partial charge in [-0.25, -0.2) is 4.98 Å². The van der Waals surface area contributed by atoms with Gasteiger partial charge in [-0.3, -0.25) is 14.2 Å². The minimum atomic E-state index is -0.525. The van der Waals surface area contributed by atoms with E-state index in [1.165, 1.54) is 29.2 Å². The lowest BCUT2D eigenvalue weighted by molar-refractivity contribution is -0.119. The summed E-state index contributed by atoms with van der Waals surface area (Å²) in [6, 6.07) is 7.10. The molecule has 0 radical (unpaired) electrons. The third-order valence-electron chi connectivity index (χ3n) is 4.00. The summed E-state index contributed by atoms with van der Waals surface area (Å²) in [5, 5.41) is 2.48. The van der Waals surface area contributed by atoms with E-state index in [0.717, 1.165) is 16.9 Å². The van der Waals surface area contributed by atoms with Crippen LogP contribution in [0.2, 0.25) is 0 Å². The molecule has 2 aromatic heterocycles. The molecule has 0 amide bonds. The number of aromatic nitrogens is 2. The van der Waals surface area contributed by atoms with E-state index < -0.39 is 6.04 Å². The fraction of sp³-hybridized carbons (Fsp3) is 0.278. The standard InChI is InChI=1S/C18H18N2O3S/c1-4-23-14-7-5-13(6-8-14)15-9-24-17-16(15)18(22)20(10-19-17)11(2)12(3)21/h5-11H,4H2,1-3H3/t11-/m0/s1. The van der Waals surface area contributed by atoms with E-state index in [0.29, 0.717) is 16.8 Å². The van der Waals surface area contributed by atoms with Crippen LogP contribution >= 0.6 is 11.3 Å². The van der Waals surface area contributed by atoms with Crippen LogP contribution < -0.4 is 10.3 Å². The number of ether oxygens (including phenoxy) is 1. The molecule has 0 aliphatic carbocycles. The lowest BCUT2D eigenvalue weighted by atomic mass is 10.1. The van der Waals surface area contributed by atoms with Gasteiger partial charge in [0.05, 0.1) is 24.4 Å². The Hall–Kier alpha value is -2.47. The maximum Gasteiger partial charge on any atom is 0.263 e. The van der Waals surface area contributed by atoms with E-state index in [4.69, 9.17) is 4.74 Å². The zero-order valence-electron chi connectivity index (χ0n) is 13.8. The molecule has 2 heterocycles. The number of nitrogens with zero attached hydrogens (tertiary/aromatic N) is 2. The normalized spacial score (nSPS) is 12.3. The third-order valence-corrected chi connectivity index (χ3v) is 4.89. The second-order valence-electron chi connectivity index (χ2n) is 5.53. The Morgan fingerprint density at radius 2 is 2.04 bits per heavy atom. The van der Waals surface area contributed by atoms with E-state index in [-0.39, 0.29) is 11.3 Å². The number of carbonyl (C=O) groups is 1. The molecule has 24 heavy (non-hydrogen) atoms. The smallest absolute Gasteiger partial charge is 0.263 e. The van der Waals surface area contributed by atoms with Crippen LogP contribution in [-0.2, 0) is 4.79 Å². The average Bonchev–Trinajstić information content (AvgIpc) is 3.00. The highest BCUT2D eigenvalue weighted by molar-refractivity contribution is 7.17.